The van der Waals surface area contributed by atoms with Gasteiger partial charge in [0.2, 0.25) is 0 Å². The van der Waals surface area contributed by atoms with Crippen LogP contribution in [0.5, 0.6) is 0 Å². The lowest BCUT2D eigenvalue weighted by Gasteiger charge is -2.20. The van der Waals surface area contributed by atoms with Gasteiger partial charge < -0.3 is 0 Å². The minimum absolute atomic E-state index is 0.219. The van der Waals surface area contributed by atoms with E-state index >= 15 is 0 Å². The van der Waals surface area contributed by atoms with E-state index in [1.807, 2.05) is 12.1 Å². The molecule has 0 saturated carbocycles. The molecule has 228 valence electrons. The maximum Gasteiger partial charge on any atom is 0.123 e. The molecule has 0 heterocycles. The monoisotopic (exact) mass is 624 g/mol. The average molecular weight is 625 g/mol. The number of hydrogen-bond acceptors (Lipinski definition) is 0. The van der Waals surface area contributed by atoms with Crippen LogP contribution in [-0.4, -0.2) is 0 Å². The summed E-state index contributed by atoms with van der Waals surface area (Å²) in [6.45, 7) is 0. The van der Waals surface area contributed by atoms with Crippen LogP contribution >= 0.6 is 0 Å². The molecule has 0 aliphatic heterocycles. The van der Waals surface area contributed by atoms with Crippen LogP contribution in [0.2, 0.25) is 0 Å². The molecule has 0 radical (unpaired) electrons. The van der Waals surface area contributed by atoms with E-state index in [2.05, 4.69) is 152 Å². The first kappa shape index (κ1) is 27.8. The highest BCUT2D eigenvalue weighted by Gasteiger charge is 2.31. The first-order chi connectivity index (χ1) is 24.2. The molecule has 0 nitrogen and oxygen atoms in total. The molecule has 9 aromatic rings. The maximum atomic E-state index is 13.6. The summed E-state index contributed by atoms with van der Waals surface area (Å²) in [5.41, 5.74) is 14.8. The van der Waals surface area contributed by atoms with Crippen molar-refractivity contribution in [3.63, 3.8) is 0 Å². The van der Waals surface area contributed by atoms with Gasteiger partial charge in [0.05, 0.1) is 0 Å². The largest absolute Gasteiger partial charge is 0.207 e. The van der Waals surface area contributed by atoms with Gasteiger partial charge >= 0.3 is 0 Å². The summed E-state index contributed by atoms with van der Waals surface area (Å²) >= 11 is 0. The SMILES string of the molecule is Fc1ccc(-c2ccc3cc(-c4ccc5c6c(cccc46)-c4c-5c(-c5ccccc5)c5ccccc5c4-c4ccccc4)ccc3c2)cc1. The van der Waals surface area contributed by atoms with E-state index in [1.165, 1.54) is 94.7 Å². The van der Waals surface area contributed by atoms with Gasteiger partial charge in [-0.2, -0.15) is 0 Å². The van der Waals surface area contributed by atoms with Gasteiger partial charge in [0.25, 0.3) is 0 Å². The number of fused-ring (bicyclic) bond motifs is 5. The fourth-order valence-corrected chi connectivity index (χ4v) is 8.10. The van der Waals surface area contributed by atoms with Crippen molar-refractivity contribution < 1.29 is 4.39 Å². The second kappa shape index (κ2) is 10.9. The van der Waals surface area contributed by atoms with Gasteiger partial charge in [-0.1, -0.05) is 152 Å². The van der Waals surface area contributed by atoms with E-state index in [0.29, 0.717) is 0 Å². The van der Waals surface area contributed by atoms with Crippen LogP contribution in [0.15, 0.2) is 176 Å². The van der Waals surface area contributed by atoms with Crippen molar-refractivity contribution in [3.8, 4) is 66.8 Å². The van der Waals surface area contributed by atoms with Crippen molar-refractivity contribution >= 4 is 32.3 Å². The molecule has 0 unspecified atom stereocenters. The van der Waals surface area contributed by atoms with Crippen molar-refractivity contribution in [2.45, 2.75) is 0 Å². The third-order valence-corrected chi connectivity index (χ3v) is 10.2. The topological polar surface area (TPSA) is 0 Å². The lowest BCUT2D eigenvalue weighted by atomic mass is 9.82. The summed E-state index contributed by atoms with van der Waals surface area (Å²) in [5.74, 6) is -0.219. The molecule has 1 aliphatic rings. The Labute approximate surface area is 284 Å². The number of halogens is 1. The van der Waals surface area contributed by atoms with Gasteiger partial charge in [-0.25, -0.2) is 4.39 Å². The Balaban J connectivity index is 1.22. The quantitative estimate of drug-likeness (QED) is 0.183. The fourth-order valence-electron chi connectivity index (χ4n) is 8.10. The molecule has 0 saturated heterocycles. The van der Waals surface area contributed by atoms with Gasteiger partial charge in [-0.05, 0) is 123 Å². The van der Waals surface area contributed by atoms with E-state index in [0.717, 1.165) is 16.5 Å². The molecule has 0 N–H and O–H groups in total. The molecule has 0 aromatic heterocycles. The van der Waals surface area contributed by atoms with Crippen LogP contribution in [0.4, 0.5) is 4.39 Å². The molecular formula is C48H29F. The summed E-state index contributed by atoms with van der Waals surface area (Å²) < 4.78 is 13.6. The fraction of sp³-hybridized carbons (Fsp3) is 0. The van der Waals surface area contributed by atoms with Crippen LogP contribution in [0, 0.1) is 5.82 Å². The van der Waals surface area contributed by atoms with Gasteiger partial charge in [-0.3, -0.25) is 0 Å². The Morgan fingerprint density at radius 3 is 1.41 bits per heavy atom. The minimum atomic E-state index is -0.219. The summed E-state index contributed by atoms with van der Waals surface area (Å²) in [6.07, 6.45) is 0. The normalized spacial score (nSPS) is 11.8. The highest BCUT2D eigenvalue weighted by atomic mass is 19.1. The molecule has 0 atom stereocenters. The molecule has 0 amide bonds. The molecule has 1 heteroatoms. The van der Waals surface area contributed by atoms with Gasteiger partial charge in [-0.15, -0.1) is 0 Å². The van der Waals surface area contributed by atoms with Crippen LogP contribution in [0.1, 0.15) is 0 Å². The van der Waals surface area contributed by atoms with Crippen molar-refractivity contribution in [1.29, 1.82) is 0 Å². The molecule has 49 heavy (non-hydrogen) atoms. The third-order valence-electron chi connectivity index (χ3n) is 10.2. The van der Waals surface area contributed by atoms with Crippen molar-refractivity contribution in [3.05, 3.63) is 182 Å². The maximum absolute atomic E-state index is 13.6. The van der Waals surface area contributed by atoms with Crippen LogP contribution in [-0.2, 0) is 0 Å². The Kier molecular flexibility index (Phi) is 6.16. The van der Waals surface area contributed by atoms with Gasteiger partial charge in [0.15, 0.2) is 0 Å². The lowest BCUT2D eigenvalue weighted by Crippen LogP contribution is -1.93. The smallest absolute Gasteiger partial charge is 0.123 e. The van der Waals surface area contributed by atoms with Crippen LogP contribution in [0.25, 0.3) is 99.1 Å². The van der Waals surface area contributed by atoms with E-state index in [9.17, 15) is 4.39 Å². The minimum Gasteiger partial charge on any atom is -0.207 e. The van der Waals surface area contributed by atoms with Crippen LogP contribution < -0.4 is 0 Å². The van der Waals surface area contributed by atoms with Crippen molar-refractivity contribution in [2.24, 2.45) is 0 Å². The van der Waals surface area contributed by atoms with E-state index in [4.69, 9.17) is 0 Å². The molecule has 0 spiro atoms. The Morgan fingerprint density at radius 1 is 0.286 bits per heavy atom. The lowest BCUT2D eigenvalue weighted by molar-refractivity contribution is 0.628. The zero-order valence-corrected chi connectivity index (χ0v) is 26.6. The Hall–Kier alpha value is -6.31. The summed E-state index contributed by atoms with van der Waals surface area (Å²) in [4.78, 5) is 0. The summed E-state index contributed by atoms with van der Waals surface area (Å²) in [7, 11) is 0. The first-order valence-electron chi connectivity index (χ1n) is 16.8. The third kappa shape index (κ3) is 4.29. The van der Waals surface area contributed by atoms with E-state index in [1.54, 1.807) is 0 Å². The summed E-state index contributed by atoms with van der Waals surface area (Å²) in [6, 6.07) is 62.1. The predicted octanol–water partition coefficient (Wildman–Crippen LogP) is 13.6. The Bertz CT molecular complexity index is 2650. The Morgan fingerprint density at radius 2 is 0.776 bits per heavy atom. The van der Waals surface area contributed by atoms with Gasteiger partial charge in [0.1, 0.15) is 5.82 Å². The van der Waals surface area contributed by atoms with Crippen molar-refractivity contribution in [1.82, 2.24) is 0 Å². The number of hydrogen-bond donors (Lipinski definition) is 0. The van der Waals surface area contributed by atoms with E-state index in [-0.39, 0.29) is 5.82 Å². The van der Waals surface area contributed by atoms with E-state index < -0.39 is 0 Å². The molecule has 10 rings (SSSR count). The first-order valence-corrected chi connectivity index (χ1v) is 16.8. The predicted molar refractivity (Wildman–Crippen MR) is 205 cm³/mol. The zero-order chi connectivity index (χ0) is 32.5. The summed E-state index contributed by atoms with van der Waals surface area (Å²) in [5, 5.41) is 7.45. The zero-order valence-electron chi connectivity index (χ0n) is 26.6. The van der Waals surface area contributed by atoms with Crippen molar-refractivity contribution in [2.75, 3.05) is 0 Å². The molecular weight excluding hydrogens is 596 g/mol. The number of benzene rings is 9. The molecule has 0 fully saturated rings. The van der Waals surface area contributed by atoms with Crippen LogP contribution in [0.3, 0.4) is 0 Å². The highest BCUT2D eigenvalue weighted by Crippen LogP contribution is 2.58. The highest BCUT2D eigenvalue weighted by molar-refractivity contribution is 6.28. The molecule has 9 aromatic carbocycles. The second-order valence-corrected chi connectivity index (χ2v) is 13.0. The standard InChI is InChI=1S/C48H29F/c49-37-24-22-30(23-25-37)33-18-19-35-29-36(21-20-34(35)28-33)38-26-27-43-46-39(38)16-9-17-42(46)47-44(31-10-3-1-4-11-31)40-14-7-8-15-41(40)45(48(43)47)32-12-5-2-6-13-32/h1-29H. The second-order valence-electron chi connectivity index (χ2n) is 13.0. The average Bonchev–Trinajstić information content (AvgIpc) is 3.49. The van der Waals surface area contributed by atoms with Gasteiger partial charge in [0, 0.05) is 0 Å². The molecule has 0 bridgehead atoms. The molecule has 1 aliphatic carbocycles. The number of rotatable bonds is 4.